The smallest absolute Gasteiger partial charge is 0.268 e. The molecule has 8 heteroatoms. The Labute approximate surface area is 169 Å². The second-order valence-electron chi connectivity index (χ2n) is 7.04. The molecular weight excluding hydrogens is 395 g/mol. The number of methoxy groups -OCH3 is 1. The van der Waals surface area contributed by atoms with Crippen LogP contribution in [0.1, 0.15) is 30.9 Å². The number of carbonyl (C=O) groups is 1. The minimum absolute atomic E-state index is 0.0240. The van der Waals surface area contributed by atoms with Crippen molar-refractivity contribution in [1.82, 2.24) is 9.29 Å². The van der Waals surface area contributed by atoms with E-state index in [-0.39, 0.29) is 28.0 Å². The highest BCUT2D eigenvalue weighted by atomic mass is 32.2. The Hall–Kier alpha value is -2.87. The van der Waals surface area contributed by atoms with Gasteiger partial charge in [0.05, 0.1) is 17.5 Å². The molecule has 2 aromatic carbocycles. The average molecular weight is 418 g/mol. The molecule has 1 amide bonds. The fourth-order valence-corrected chi connectivity index (χ4v) is 4.57. The highest BCUT2D eigenvalue weighted by Gasteiger charge is 2.25. The molecule has 3 aromatic rings. The lowest BCUT2D eigenvalue weighted by atomic mass is 10.0. The summed E-state index contributed by atoms with van der Waals surface area (Å²) < 4.78 is 47.1. The van der Waals surface area contributed by atoms with Crippen molar-refractivity contribution in [1.29, 1.82) is 0 Å². The molecule has 0 aliphatic heterocycles. The van der Waals surface area contributed by atoms with Crippen molar-refractivity contribution in [3.05, 3.63) is 59.5 Å². The summed E-state index contributed by atoms with van der Waals surface area (Å²) >= 11 is 0. The molecule has 1 heterocycles. The van der Waals surface area contributed by atoms with Crippen LogP contribution in [0.15, 0.2) is 47.5 Å². The lowest BCUT2D eigenvalue weighted by Gasteiger charge is -2.11. The van der Waals surface area contributed by atoms with E-state index in [2.05, 4.69) is 5.32 Å². The zero-order valence-electron chi connectivity index (χ0n) is 16.7. The van der Waals surface area contributed by atoms with Gasteiger partial charge in [-0.1, -0.05) is 24.6 Å². The van der Waals surface area contributed by atoms with Crippen molar-refractivity contribution in [2.24, 2.45) is 0 Å². The van der Waals surface area contributed by atoms with E-state index in [1.165, 1.54) is 38.4 Å². The first kappa shape index (κ1) is 20.9. The van der Waals surface area contributed by atoms with Crippen LogP contribution in [0.4, 0.5) is 4.39 Å². The molecule has 154 valence electrons. The molecule has 0 spiro atoms. The van der Waals surface area contributed by atoms with Crippen LogP contribution in [0.25, 0.3) is 10.9 Å². The summed E-state index contributed by atoms with van der Waals surface area (Å²) in [5.74, 6) is -1.02. The first-order valence-corrected chi connectivity index (χ1v) is 10.5. The van der Waals surface area contributed by atoms with Crippen molar-refractivity contribution in [3.8, 4) is 5.75 Å². The monoisotopic (exact) mass is 418 g/mol. The van der Waals surface area contributed by atoms with E-state index < -0.39 is 15.8 Å². The Morgan fingerprint density at radius 1 is 1.24 bits per heavy atom. The van der Waals surface area contributed by atoms with Gasteiger partial charge in [-0.05, 0) is 30.7 Å². The summed E-state index contributed by atoms with van der Waals surface area (Å²) in [6.45, 7) is 5.46. The first-order chi connectivity index (χ1) is 13.6. The van der Waals surface area contributed by atoms with Crippen molar-refractivity contribution in [2.45, 2.75) is 31.6 Å². The molecule has 3 rings (SSSR count). The number of aryl methyl sites for hydroxylation is 1. The summed E-state index contributed by atoms with van der Waals surface area (Å²) in [5.41, 5.74) is 1.82. The van der Waals surface area contributed by atoms with Gasteiger partial charge in [-0.2, -0.15) is 0 Å². The molecule has 0 saturated heterocycles. The van der Waals surface area contributed by atoms with E-state index in [1.54, 1.807) is 12.1 Å². The van der Waals surface area contributed by atoms with Crippen LogP contribution in [-0.4, -0.2) is 32.0 Å². The number of carbonyl (C=O) groups excluding carboxylic acids is 1. The molecule has 0 aliphatic carbocycles. The maximum atomic E-state index is 14.4. The summed E-state index contributed by atoms with van der Waals surface area (Å²) in [6, 6.07) is 9.12. The summed E-state index contributed by atoms with van der Waals surface area (Å²) in [7, 11) is -2.59. The van der Waals surface area contributed by atoms with Gasteiger partial charge < -0.3 is 10.1 Å². The molecule has 1 aromatic heterocycles. The molecule has 0 bridgehead atoms. The standard InChI is InChI=1S/C21H23FN2O4S/c1-13-5-7-16(8-6-13)29(26,27)24-12-18(14(2)11-23-15(3)25)17-9-21(28-4)19(22)10-20(17)24/h5-10,12,14H,11H2,1-4H3,(H,23,25)/t14-/m0/s1. The summed E-state index contributed by atoms with van der Waals surface area (Å²) in [4.78, 5) is 11.4. The van der Waals surface area contributed by atoms with Crippen molar-refractivity contribution in [2.75, 3.05) is 13.7 Å². The van der Waals surface area contributed by atoms with Gasteiger partial charge in [0, 0.05) is 37.0 Å². The first-order valence-electron chi connectivity index (χ1n) is 9.10. The van der Waals surface area contributed by atoms with Gasteiger partial charge in [0.15, 0.2) is 11.6 Å². The number of hydrogen-bond donors (Lipinski definition) is 1. The number of nitrogens with one attached hydrogen (secondary N) is 1. The number of amides is 1. The largest absolute Gasteiger partial charge is 0.494 e. The molecule has 0 fully saturated rings. The van der Waals surface area contributed by atoms with Crippen LogP contribution in [0.3, 0.4) is 0 Å². The maximum absolute atomic E-state index is 14.4. The number of nitrogens with zero attached hydrogens (tertiary/aromatic N) is 1. The van der Waals surface area contributed by atoms with Gasteiger partial charge in [-0.3, -0.25) is 4.79 Å². The average Bonchev–Trinajstić information content (AvgIpc) is 3.04. The molecular formula is C21H23FN2O4S. The van der Waals surface area contributed by atoms with E-state index in [1.807, 2.05) is 13.8 Å². The van der Waals surface area contributed by atoms with Crippen LogP contribution >= 0.6 is 0 Å². The molecule has 0 unspecified atom stereocenters. The van der Waals surface area contributed by atoms with Crippen molar-refractivity contribution < 1.29 is 22.3 Å². The Bertz CT molecular complexity index is 1170. The van der Waals surface area contributed by atoms with E-state index in [9.17, 15) is 17.6 Å². The van der Waals surface area contributed by atoms with Gasteiger partial charge in [0.1, 0.15) is 0 Å². The van der Waals surface area contributed by atoms with E-state index in [0.717, 1.165) is 15.6 Å². The predicted molar refractivity (Wildman–Crippen MR) is 109 cm³/mol. The van der Waals surface area contributed by atoms with Gasteiger partial charge in [0.25, 0.3) is 10.0 Å². The predicted octanol–water partition coefficient (Wildman–Crippen LogP) is 3.57. The lowest BCUT2D eigenvalue weighted by Crippen LogP contribution is -2.24. The van der Waals surface area contributed by atoms with Crippen LogP contribution in [0.5, 0.6) is 5.75 Å². The van der Waals surface area contributed by atoms with E-state index in [0.29, 0.717) is 17.5 Å². The molecule has 29 heavy (non-hydrogen) atoms. The van der Waals surface area contributed by atoms with E-state index >= 15 is 0 Å². The second kappa shape index (κ2) is 7.87. The number of benzene rings is 2. The third kappa shape index (κ3) is 3.98. The summed E-state index contributed by atoms with van der Waals surface area (Å²) in [5, 5.41) is 3.28. The number of ether oxygens (including phenoxy) is 1. The number of halogens is 1. The highest BCUT2D eigenvalue weighted by Crippen LogP contribution is 2.34. The molecule has 1 N–H and O–H groups in total. The van der Waals surface area contributed by atoms with Gasteiger partial charge in [-0.25, -0.2) is 16.8 Å². The third-order valence-corrected chi connectivity index (χ3v) is 6.53. The van der Waals surface area contributed by atoms with Gasteiger partial charge in [0.2, 0.25) is 5.91 Å². The minimum atomic E-state index is -3.94. The zero-order chi connectivity index (χ0) is 21.3. The van der Waals surface area contributed by atoms with Crippen LogP contribution in [-0.2, 0) is 14.8 Å². The lowest BCUT2D eigenvalue weighted by molar-refractivity contribution is -0.119. The van der Waals surface area contributed by atoms with E-state index in [4.69, 9.17) is 4.74 Å². The fourth-order valence-electron chi connectivity index (χ4n) is 3.20. The normalized spacial score (nSPS) is 12.7. The minimum Gasteiger partial charge on any atom is -0.494 e. The third-order valence-electron chi connectivity index (χ3n) is 4.84. The quantitative estimate of drug-likeness (QED) is 0.664. The Morgan fingerprint density at radius 3 is 2.48 bits per heavy atom. The molecule has 0 saturated carbocycles. The second-order valence-corrected chi connectivity index (χ2v) is 8.86. The highest BCUT2D eigenvalue weighted by molar-refractivity contribution is 7.90. The Kier molecular flexibility index (Phi) is 5.66. The number of fused-ring (bicyclic) bond motifs is 1. The zero-order valence-corrected chi connectivity index (χ0v) is 17.5. The molecule has 0 aliphatic rings. The van der Waals surface area contributed by atoms with Crippen molar-refractivity contribution in [3.63, 3.8) is 0 Å². The molecule has 0 radical (unpaired) electrons. The topological polar surface area (TPSA) is 77.4 Å². The van der Waals surface area contributed by atoms with Crippen LogP contribution in [0.2, 0.25) is 0 Å². The Morgan fingerprint density at radius 2 is 1.90 bits per heavy atom. The maximum Gasteiger partial charge on any atom is 0.268 e. The number of aromatic nitrogens is 1. The van der Waals surface area contributed by atoms with Crippen LogP contribution < -0.4 is 10.1 Å². The number of hydrogen-bond acceptors (Lipinski definition) is 4. The molecule has 1 atom stereocenters. The molecule has 6 nitrogen and oxygen atoms in total. The van der Waals surface area contributed by atoms with Gasteiger partial charge >= 0.3 is 0 Å². The number of rotatable bonds is 6. The van der Waals surface area contributed by atoms with Gasteiger partial charge in [-0.15, -0.1) is 0 Å². The Balaban J connectivity index is 2.23. The van der Waals surface area contributed by atoms with Crippen molar-refractivity contribution >= 4 is 26.8 Å². The SMILES string of the molecule is COc1cc2c([C@@H](C)CNC(C)=O)cn(S(=O)(=O)c3ccc(C)cc3)c2cc1F. The summed E-state index contributed by atoms with van der Waals surface area (Å²) in [6.07, 6.45) is 1.49. The fraction of sp³-hybridized carbons (Fsp3) is 0.286. The van der Waals surface area contributed by atoms with Crippen LogP contribution in [0, 0.1) is 12.7 Å².